The minimum atomic E-state index is -0.172. The van der Waals surface area contributed by atoms with Crippen LogP contribution in [0, 0.1) is 13.8 Å². The third-order valence-electron chi connectivity index (χ3n) is 5.15. The first-order chi connectivity index (χ1) is 14.4. The Balaban J connectivity index is 1.60. The fourth-order valence-corrected chi connectivity index (χ4v) is 4.99. The van der Waals surface area contributed by atoms with Crippen molar-refractivity contribution < 1.29 is 9.59 Å². The van der Waals surface area contributed by atoms with Gasteiger partial charge in [0.25, 0.3) is 5.91 Å². The number of benzene rings is 3. The van der Waals surface area contributed by atoms with Gasteiger partial charge in [0.15, 0.2) is 0 Å². The van der Waals surface area contributed by atoms with Gasteiger partial charge in [0, 0.05) is 21.4 Å². The summed E-state index contributed by atoms with van der Waals surface area (Å²) in [6, 6.07) is 21.1. The van der Waals surface area contributed by atoms with E-state index in [0.29, 0.717) is 17.0 Å². The summed E-state index contributed by atoms with van der Waals surface area (Å²) in [4.78, 5) is 27.1. The van der Waals surface area contributed by atoms with Crippen molar-refractivity contribution in [2.45, 2.75) is 19.2 Å². The molecule has 1 saturated heterocycles. The third-order valence-corrected chi connectivity index (χ3v) is 6.86. The highest BCUT2D eigenvalue weighted by Crippen LogP contribution is 2.42. The van der Waals surface area contributed by atoms with E-state index in [2.05, 4.69) is 41.2 Å². The average Bonchev–Trinajstić information content (AvgIpc) is 3.12. The van der Waals surface area contributed by atoms with Gasteiger partial charge in [-0.1, -0.05) is 40.2 Å². The number of thioether (sulfide) groups is 1. The highest BCUT2D eigenvalue weighted by atomic mass is 79.9. The van der Waals surface area contributed by atoms with E-state index >= 15 is 0 Å². The molecule has 0 unspecified atom stereocenters. The molecule has 0 radical (unpaired) electrons. The summed E-state index contributed by atoms with van der Waals surface area (Å²) in [7, 11) is 0. The maximum atomic E-state index is 12.7. The molecule has 1 N–H and O–H groups in total. The van der Waals surface area contributed by atoms with Crippen LogP contribution in [-0.4, -0.2) is 17.6 Å². The SMILES string of the molecule is Cc1ccc(N2C(=O)CS[C@@H]2c2cccc(NC(=O)c3cccc(Br)c3)c2)cc1C. The summed E-state index contributed by atoms with van der Waals surface area (Å²) in [5.74, 6) is 0.359. The van der Waals surface area contributed by atoms with E-state index in [4.69, 9.17) is 0 Å². The number of amides is 2. The lowest BCUT2D eigenvalue weighted by molar-refractivity contribution is -0.115. The largest absolute Gasteiger partial charge is 0.322 e. The number of carbonyl (C=O) groups is 2. The minimum absolute atomic E-state index is 0.0943. The molecule has 2 amide bonds. The number of nitrogens with one attached hydrogen (secondary N) is 1. The molecule has 3 aromatic rings. The van der Waals surface area contributed by atoms with Crippen molar-refractivity contribution in [1.82, 2.24) is 0 Å². The Morgan fingerprint density at radius 3 is 2.60 bits per heavy atom. The van der Waals surface area contributed by atoms with E-state index in [1.807, 2.05) is 53.4 Å². The highest BCUT2D eigenvalue weighted by molar-refractivity contribution is 9.10. The van der Waals surface area contributed by atoms with E-state index in [1.165, 1.54) is 5.56 Å². The Labute approximate surface area is 188 Å². The van der Waals surface area contributed by atoms with Crippen molar-refractivity contribution in [3.8, 4) is 0 Å². The summed E-state index contributed by atoms with van der Waals surface area (Å²) >= 11 is 5.00. The number of hydrogen-bond donors (Lipinski definition) is 1. The topological polar surface area (TPSA) is 49.4 Å². The molecular formula is C24H21BrN2O2S. The summed E-state index contributed by atoms with van der Waals surface area (Å²) in [5.41, 5.74) is 5.53. The van der Waals surface area contributed by atoms with Gasteiger partial charge in [0.1, 0.15) is 5.37 Å². The molecule has 1 atom stereocenters. The lowest BCUT2D eigenvalue weighted by atomic mass is 10.1. The Kier molecular flexibility index (Phi) is 5.97. The van der Waals surface area contributed by atoms with Crippen LogP contribution in [0.25, 0.3) is 0 Å². The molecule has 30 heavy (non-hydrogen) atoms. The fraction of sp³-hybridized carbons (Fsp3) is 0.167. The minimum Gasteiger partial charge on any atom is -0.322 e. The number of anilines is 2. The zero-order valence-electron chi connectivity index (χ0n) is 16.7. The van der Waals surface area contributed by atoms with Crippen LogP contribution in [-0.2, 0) is 4.79 Å². The van der Waals surface area contributed by atoms with Gasteiger partial charge in [-0.05, 0) is 73.0 Å². The first-order valence-electron chi connectivity index (χ1n) is 9.60. The molecule has 3 aromatic carbocycles. The van der Waals surface area contributed by atoms with Crippen LogP contribution in [0.3, 0.4) is 0 Å². The van der Waals surface area contributed by atoms with Gasteiger partial charge in [0.2, 0.25) is 5.91 Å². The summed E-state index contributed by atoms with van der Waals surface area (Å²) in [6.07, 6.45) is 0. The Morgan fingerprint density at radius 2 is 1.83 bits per heavy atom. The number of aryl methyl sites for hydroxylation is 2. The van der Waals surface area contributed by atoms with Crippen molar-refractivity contribution >= 4 is 50.9 Å². The summed E-state index contributed by atoms with van der Waals surface area (Å²) < 4.78 is 0.855. The maximum absolute atomic E-state index is 12.7. The number of rotatable bonds is 4. The fourth-order valence-electron chi connectivity index (χ4n) is 3.43. The summed E-state index contributed by atoms with van der Waals surface area (Å²) in [5, 5.41) is 2.84. The molecule has 1 aliphatic heterocycles. The normalized spacial score (nSPS) is 16.0. The molecule has 1 heterocycles. The van der Waals surface area contributed by atoms with Crippen LogP contribution in [0.2, 0.25) is 0 Å². The van der Waals surface area contributed by atoms with Gasteiger partial charge in [-0.25, -0.2) is 0 Å². The van der Waals surface area contributed by atoms with Crippen molar-refractivity contribution in [2.24, 2.45) is 0 Å². The first kappa shape index (κ1) is 20.7. The third kappa shape index (κ3) is 4.30. The van der Waals surface area contributed by atoms with E-state index in [1.54, 1.807) is 23.9 Å². The smallest absolute Gasteiger partial charge is 0.255 e. The molecule has 6 heteroatoms. The van der Waals surface area contributed by atoms with Crippen LogP contribution in [0.1, 0.15) is 32.4 Å². The van der Waals surface area contributed by atoms with Gasteiger partial charge in [-0.15, -0.1) is 11.8 Å². The number of halogens is 1. The molecule has 0 spiro atoms. The second kappa shape index (κ2) is 8.66. The second-order valence-electron chi connectivity index (χ2n) is 7.29. The molecule has 1 fully saturated rings. The first-order valence-corrected chi connectivity index (χ1v) is 11.4. The molecule has 0 aromatic heterocycles. The molecule has 0 bridgehead atoms. The van der Waals surface area contributed by atoms with E-state index in [-0.39, 0.29) is 17.2 Å². The quantitative estimate of drug-likeness (QED) is 0.490. The lowest BCUT2D eigenvalue weighted by Gasteiger charge is -2.25. The Hall–Kier alpha value is -2.57. The van der Waals surface area contributed by atoms with Crippen LogP contribution in [0.5, 0.6) is 0 Å². The van der Waals surface area contributed by atoms with Crippen LogP contribution in [0.15, 0.2) is 71.2 Å². The molecule has 1 aliphatic rings. The van der Waals surface area contributed by atoms with Crippen molar-refractivity contribution in [1.29, 1.82) is 0 Å². The highest BCUT2D eigenvalue weighted by Gasteiger charge is 2.34. The second-order valence-corrected chi connectivity index (χ2v) is 9.27. The predicted molar refractivity (Wildman–Crippen MR) is 127 cm³/mol. The van der Waals surface area contributed by atoms with Crippen molar-refractivity contribution in [3.05, 3.63) is 93.5 Å². The van der Waals surface area contributed by atoms with E-state index in [9.17, 15) is 9.59 Å². The van der Waals surface area contributed by atoms with Crippen LogP contribution < -0.4 is 10.2 Å². The van der Waals surface area contributed by atoms with Gasteiger partial charge < -0.3 is 5.32 Å². The zero-order valence-corrected chi connectivity index (χ0v) is 19.1. The zero-order chi connectivity index (χ0) is 21.3. The number of hydrogen-bond acceptors (Lipinski definition) is 3. The average molecular weight is 481 g/mol. The monoisotopic (exact) mass is 480 g/mol. The van der Waals surface area contributed by atoms with Gasteiger partial charge in [-0.2, -0.15) is 0 Å². The standard InChI is InChI=1S/C24H21BrN2O2S/c1-15-9-10-21(11-16(15)2)27-22(28)14-30-24(27)18-6-4-8-20(13-18)26-23(29)17-5-3-7-19(25)12-17/h3-13,24H,14H2,1-2H3,(H,26,29)/t24-/m1/s1. The molecule has 4 rings (SSSR count). The lowest BCUT2D eigenvalue weighted by Crippen LogP contribution is -2.28. The van der Waals surface area contributed by atoms with Crippen LogP contribution in [0.4, 0.5) is 11.4 Å². The van der Waals surface area contributed by atoms with E-state index < -0.39 is 0 Å². The van der Waals surface area contributed by atoms with Gasteiger partial charge in [0.05, 0.1) is 5.75 Å². The van der Waals surface area contributed by atoms with Crippen molar-refractivity contribution in [3.63, 3.8) is 0 Å². The van der Waals surface area contributed by atoms with Gasteiger partial charge in [-0.3, -0.25) is 14.5 Å². The Bertz CT molecular complexity index is 1130. The maximum Gasteiger partial charge on any atom is 0.255 e. The number of carbonyl (C=O) groups excluding carboxylic acids is 2. The Morgan fingerprint density at radius 1 is 1.03 bits per heavy atom. The molecule has 4 nitrogen and oxygen atoms in total. The molecule has 0 saturated carbocycles. The predicted octanol–water partition coefficient (Wildman–Crippen LogP) is 6.10. The van der Waals surface area contributed by atoms with Crippen LogP contribution >= 0.6 is 27.7 Å². The van der Waals surface area contributed by atoms with Gasteiger partial charge >= 0.3 is 0 Å². The molecule has 0 aliphatic carbocycles. The summed E-state index contributed by atoms with van der Waals surface area (Å²) in [6.45, 7) is 4.12. The number of nitrogens with zero attached hydrogens (tertiary/aromatic N) is 1. The molecular weight excluding hydrogens is 460 g/mol. The van der Waals surface area contributed by atoms with Crippen molar-refractivity contribution in [2.75, 3.05) is 16.0 Å². The van der Waals surface area contributed by atoms with E-state index in [0.717, 1.165) is 21.3 Å². The molecule has 152 valence electrons.